The molecule has 0 saturated heterocycles. The van der Waals surface area contributed by atoms with E-state index in [1.807, 2.05) is 13.8 Å². The van der Waals surface area contributed by atoms with E-state index in [-0.39, 0.29) is 18.0 Å². The highest BCUT2D eigenvalue weighted by molar-refractivity contribution is 9.10. The third-order valence-corrected chi connectivity index (χ3v) is 5.39. The zero-order valence-corrected chi connectivity index (χ0v) is 14.2. The van der Waals surface area contributed by atoms with Crippen molar-refractivity contribution in [1.29, 1.82) is 0 Å². The first kappa shape index (κ1) is 14.5. The van der Waals surface area contributed by atoms with E-state index in [0.717, 1.165) is 27.8 Å². The fraction of sp³-hybridized carbons (Fsp3) is 0.538. The number of benzene rings is 1. The lowest BCUT2D eigenvalue weighted by molar-refractivity contribution is 0.252. The van der Waals surface area contributed by atoms with Crippen LogP contribution in [0.15, 0.2) is 4.47 Å². The molecule has 0 aromatic heterocycles. The van der Waals surface area contributed by atoms with Crippen molar-refractivity contribution in [3.05, 3.63) is 21.2 Å². The van der Waals surface area contributed by atoms with E-state index in [0.29, 0.717) is 17.7 Å². The Morgan fingerprint density at radius 1 is 1.15 bits per heavy atom. The predicted octanol–water partition coefficient (Wildman–Crippen LogP) is 3.16. The normalized spacial score (nSPS) is 24.0. The summed E-state index contributed by atoms with van der Waals surface area (Å²) in [6.07, 6.45) is 1.45. The zero-order valence-electron chi connectivity index (χ0n) is 11.1. The standard InChI is InChI=1S/C13H14BrClO4S/c1-6-3-8-10(5-20(15,16)17)12-9(4-7(2)18-12)11(14)13(8)19-6/h6-7H,3-5H2,1-2H3. The molecule has 110 valence electrons. The first-order valence-corrected chi connectivity index (χ1v) is 9.65. The van der Waals surface area contributed by atoms with Gasteiger partial charge in [-0.05, 0) is 29.8 Å². The van der Waals surface area contributed by atoms with Gasteiger partial charge in [0.05, 0.1) is 10.2 Å². The summed E-state index contributed by atoms with van der Waals surface area (Å²) in [5, 5.41) is 0. The molecule has 0 N–H and O–H groups in total. The number of hydrogen-bond donors (Lipinski definition) is 0. The van der Waals surface area contributed by atoms with Gasteiger partial charge < -0.3 is 9.47 Å². The van der Waals surface area contributed by atoms with Crippen molar-refractivity contribution in [3.8, 4) is 11.5 Å². The summed E-state index contributed by atoms with van der Waals surface area (Å²) >= 11 is 3.56. The van der Waals surface area contributed by atoms with Gasteiger partial charge in [0.1, 0.15) is 23.7 Å². The van der Waals surface area contributed by atoms with Crippen molar-refractivity contribution >= 4 is 35.7 Å². The third-order valence-electron chi connectivity index (χ3n) is 3.59. The first-order valence-electron chi connectivity index (χ1n) is 6.38. The lowest BCUT2D eigenvalue weighted by Crippen LogP contribution is -2.08. The Bertz CT molecular complexity index is 647. The molecule has 2 atom stereocenters. The van der Waals surface area contributed by atoms with Gasteiger partial charge in [-0.15, -0.1) is 0 Å². The molecule has 0 fully saturated rings. The molecule has 0 spiro atoms. The lowest BCUT2D eigenvalue weighted by atomic mass is 9.99. The number of fused-ring (bicyclic) bond motifs is 2. The highest BCUT2D eigenvalue weighted by Gasteiger charge is 2.35. The predicted molar refractivity (Wildman–Crippen MR) is 80.2 cm³/mol. The summed E-state index contributed by atoms with van der Waals surface area (Å²) in [7, 11) is 1.80. The smallest absolute Gasteiger partial charge is 0.236 e. The average molecular weight is 382 g/mol. The molecule has 4 nitrogen and oxygen atoms in total. The SMILES string of the molecule is CC1Cc2c(CS(=O)(=O)Cl)c3c(c(Br)c2O1)CC(C)O3. The van der Waals surface area contributed by atoms with Gasteiger partial charge in [0.2, 0.25) is 9.05 Å². The van der Waals surface area contributed by atoms with Gasteiger partial charge in [-0.25, -0.2) is 8.42 Å². The van der Waals surface area contributed by atoms with Gasteiger partial charge in [-0.3, -0.25) is 0 Å². The largest absolute Gasteiger partial charge is 0.490 e. The molecule has 0 radical (unpaired) electrons. The Morgan fingerprint density at radius 3 is 2.30 bits per heavy atom. The molecular formula is C13H14BrClO4S. The Morgan fingerprint density at radius 2 is 1.70 bits per heavy atom. The molecule has 2 aliphatic heterocycles. The van der Waals surface area contributed by atoms with Crippen LogP contribution in [-0.2, 0) is 27.6 Å². The maximum atomic E-state index is 11.5. The molecule has 7 heteroatoms. The van der Waals surface area contributed by atoms with E-state index in [1.54, 1.807) is 0 Å². The molecular weight excluding hydrogens is 368 g/mol. The minimum Gasteiger partial charge on any atom is -0.490 e. The fourth-order valence-electron chi connectivity index (χ4n) is 2.87. The second-order valence-corrected chi connectivity index (χ2v) is 8.93. The number of ether oxygens (including phenoxy) is 2. The molecule has 20 heavy (non-hydrogen) atoms. The molecule has 0 bridgehead atoms. The molecule has 1 aromatic carbocycles. The van der Waals surface area contributed by atoms with Crippen LogP contribution in [0.2, 0.25) is 0 Å². The zero-order chi connectivity index (χ0) is 14.7. The second-order valence-electron chi connectivity index (χ2n) is 5.36. The van der Waals surface area contributed by atoms with E-state index in [4.69, 9.17) is 20.2 Å². The van der Waals surface area contributed by atoms with Crippen molar-refractivity contribution in [3.63, 3.8) is 0 Å². The van der Waals surface area contributed by atoms with Crippen LogP contribution in [-0.4, -0.2) is 20.6 Å². The Labute approximate surface area is 131 Å². The Balaban J connectivity index is 2.23. The summed E-state index contributed by atoms with van der Waals surface area (Å²) in [5.74, 6) is 1.17. The van der Waals surface area contributed by atoms with Gasteiger partial charge in [-0.2, -0.15) is 0 Å². The fourth-order valence-corrected chi connectivity index (χ4v) is 4.53. The number of hydrogen-bond acceptors (Lipinski definition) is 4. The van der Waals surface area contributed by atoms with Crippen molar-refractivity contribution in [2.45, 2.75) is 44.6 Å². The topological polar surface area (TPSA) is 52.6 Å². The molecule has 2 aliphatic rings. The summed E-state index contributed by atoms with van der Waals surface area (Å²) < 4.78 is 35.5. The highest BCUT2D eigenvalue weighted by atomic mass is 79.9. The molecule has 0 aliphatic carbocycles. The van der Waals surface area contributed by atoms with Crippen LogP contribution >= 0.6 is 26.6 Å². The van der Waals surface area contributed by atoms with Gasteiger partial charge in [0.15, 0.2) is 0 Å². The van der Waals surface area contributed by atoms with Crippen molar-refractivity contribution in [1.82, 2.24) is 0 Å². The summed E-state index contributed by atoms with van der Waals surface area (Å²) in [5.41, 5.74) is 2.52. The van der Waals surface area contributed by atoms with E-state index >= 15 is 0 Å². The van der Waals surface area contributed by atoms with Gasteiger partial charge in [0, 0.05) is 40.2 Å². The second kappa shape index (κ2) is 4.78. The Kier molecular flexibility index (Phi) is 3.46. The molecule has 2 heterocycles. The van der Waals surface area contributed by atoms with Crippen LogP contribution in [0.1, 0.15) is 30.5 Å². The third kappa shape index (κ3) is 2.42. The van der Waals surface area contributed by atoms with Crippen molar-refractivity contribution < 1.29 is 17.9 Å². The van der Waals surface area contributed by atoms with Crippen LogP contribution in [0.25, 0.3) is 0 Å². The van der Waals surface area contributed by atoms with Crippen LogP contribution in [0, 0.1) is 0 Å². The number of rotatable bonds is 2. The average Bonchev–Trinajstić information content (AvgIpc) is 2.86. The molecule has 0 amide bonds. The van der Waals surface area contributed by atoms with Crippen molar-refractivity contribution in [2.75, 3.05) is 0 Å². The monoisotopic (exact) mass is 380 g/mol. The molecule has 1 aromatic rings. The summed E-state index contributed by atoms with van der Waals surface area (Å²) in [6.45, 7) is 3.92. The number of halogens is 2. The van der Waals surface area contributed by atoms with Gasteiger partial charge in [0.25, 0.3) is 0 Å². The van der Waals surface area contributed by atoms with Crippen LogP contribution in [0.5, 0.6) is 11.5 Å². The van der Waals surface area contributed by atoms with E-state index < -0.39 is 9.05 Å². The lowest BCUT2D eigenvalue weighted by Gasteiger charge is -2.14. The minimum absolute atomic E-state index is 0.0260. The van der Waals surface area contributed by atoms with E-state index in [1.165, 1.54) is 0 Å². The van der Waals surface area contributed by atoms with Crippen LogP contribution in [0.4, 0.5) is 0 Å². The maximum Gasteiger partial charge on any atom is 0.236 e. The maximum absolute atomic E-state index is 11.5. The first-order chi connectivity index (χ1) is 9.26. The van der Waals surface area contributed by atoms with Crippen LogP contribution < -0.4 is 9.47 Å². The molecule has 3 rings (SSSR count). The van der Waals surface area contributed by atoms with Gasteiger partial charge in [-0.1, -0.05) is 0 Å². The summed E-state index contributed by atoms with van der Waals surface area (Å²) in [6, 6.07) is 0. The summed E-state index contributed by atoms with van der Waals surface area (Å²) in [4.78, 5) is 0. The quantitative estimate of drug-likeness (QED) is 0.738. The van der Waals surface area contributed by atoms with Crippen molar-refractivity contribution in [2.24, 2.45) is 0 Å². The van der Waals surface area contributed by atoms with E-state index in [9.17, 15) is 8.42 Å². The van der Waals surface area contributed by atoms with Crippen LogP contribution in [0.3, 0.4) is 0 Å². The van der Waals surface area contributed by atoms with Gasteiger partial charge >= 0.3 is 0 Å². The molecule has 2 unspecified atom stereocenters. The Hall–Kier alpha value is -0.460. The highest BCUT2D eigenvalue weighted by Crippen LogP contribution is 2.49. The minimum atomic E-state index is -3.65. The molecule has 0 saturated carbocycles. The van der Waals surface area contributed by atoms with E-state index in [2.05, 4.69) is 15.9 Å².